The van der Waals surface area contributed by atoms with Crippen LogP contribution in [0.15, 0.2) is 47.3 Å². The fourth-order valence-electron chi connectivity index (χ4n) is 3.98. The first-order valence-electron chi connectivity index (χ1n) is 11.4. The van der Waals surface area contributed by atoms with Gasteiger partial charge in [-0.2, -0.15) is 13.2 Å². The molecule has 0 saturated heterocycles. The maximum absolute atomic E-state index is 13.2. The lowest BCUT2D eigenvalue weighted by Gasteiger charge is -2.15. The van der Waals surface area contributed by atoms with E-state index in [1.165, 1.54) is 28.9 Å². The summed E-state index contributed by atoms with van der Waals surface area (Å²) in [7, 11) is 0. The molecular weight excluding hydrogens is 527 g/mol. The molecule has 2 aromatic heterocycles. The molecule has 0 aliphatic carbocycles. The highest BCUT2D eigenvalue weighted by atomic mass is 35.5. The van der Waals surface area contributed by atoms with Crippen LogP contribution in [0.2, 0.25) is 5.02 Å². The first kappa shape index (κ1) is 27.1. The first-order valence-corrected chi connectivity index (χ1v) is 11.8. The number of carbonyl (C=O) groups excluding carboxylic acids is 1. The van der Waals surface area contributed by atoms with Gasteiger partial charge in [0, 0.05) is 10.6 Å². The highest BCUT2D eigenvalue weighted by Gasteiger charge is 2.39. The fraction of sp³-hybridized carbons (Fsp3) is 0.292. The van der Waals surface area contributed by atoms with Gasteiger partial charge in [0.15, 0.2) is 17.8 Å². The van der Waals surface area contributed by atoms with Crippen molar-refractivity contribution in [3.63, 3.8) is 0 Å². The average Bonchev–Trinajstić information content (AvgIpc) is 3.40. The van der Waals surface area contributed by atoms with E-state index in [0.717, 1.165) is 15.8 Å². The number of nitrogens with zero attached hydrogens (tertiary/aromatic N) is 6. The van der Waals surface area contributed by atoms with Crippen molar-refractivity contribution in [1.82, 2.24) is 29.1 Å². The largest absolute Gasteiger partial charge is 0.416 e. The quantitative estimate of drug-likeness (QED) is 0.347. The van der Waals surface area contributed by atoms with E-state index >= 15 is 0 Å². The minimum Gasteiger partial charge on any atom is -0.382 e. The zero-order chi connectivity index (χ0) is 27.8. The number of alkyl halides is 3. The molecule has 0 spiro atoms. The first-order chi connectivity index (χ1) is 17.9. The molecule has 0 aliphatic heterocycles. The molecule has 2 aromatic carbocycles. The molecular formula is C24H23ClF3N7O3. The number of benzene rings is 2. The van der Waals surface area contributed by atoms with E-state index in [1.807, 2.05) is 32.0 Å². The van der Waals surface area contributed by atoms with Gasteiger partial charge >= 0.3 is 11.9 Å². The van der Waals surface area contributed by atoms with E-state index in [9.17, 15) is 27.9 Å². The third-order valence-electron chi connectivity index (χ3n) is 5.84. The SMILES string of the molecule is CCc1cccc(C)c1-n1nc(Cn2nc(-c3ccc(Cl)cc3)n(CC(O)C(F)(F)F)c2=O)nc1C(N)=O. The second-order valence-corrected chi connectivity index (χ2v) is 8.94. The molecule has 1 atom stereocenters. The van der Waals surface area contributed by atoms with Crippen LogP contribution in [0.1, 0.15) is 34.5 Å². The number of hydrogen-bond acceptors (Lipinski definition) is 6. The lowest BCUT2D eigenvalue weighted by Crippen LogP contribution is -2.37. The number of aliphatic hydroxyl groups is 1. The van der Waals surface area contributed by atoms with Gasteiger partial charge in [0.1, 0.15) is 6.54 Å². The number of aromatic nitrogens is 6. The summed E-state index contributed by atoms with van der Waals surface area (Å²) in [5.41, 5.74) is 7.18. The van der Waals surface area contributed by atoms with Crippen LogP contribution in [0.5, 0.6) is 0 Å². The topological polar surface area (TPSA) is 134 Å². The number of primary amides is 1. The molecule has 38 heavy (non-hydrogen) atoms. The molecule has 0 aliphatic rings. The third-order valence-corrected chi connectivity index (χ3v) is 6.09. The van der Waals surface area contributed by atoms with E-state index < -0.39 is 30.4 Å². The Morgan fingerprint density at radius 3 is 2.45 bits per heavy atom. The van der Waals surface area contributed by atoms with E-state index in [-0.39, 0.29) is 24.0 Å². The summed E-state index contributed by atoms with van der Waals surface area (Å²) in [5.74, 6) is -1.18. The van der Waals surface area contributed by atoms with Gasteiger partial charge in [0.05, 0.1) is 12.2 Å². The van der Waals surface area contributed by atoms with Crippen LogP contribution in [0, 0.1) is 6.92 Å². The summed E-state index contributed by atoms with van der Waals surface area (Å²) in [6.07, 6.45) is -7.14. The van der Waals surface area contributed by atoms with Gasteiger partial charge in [-0.05, 0) is 48.7 Å². The van der Waals surface area contributed by atoms with Crippen molar-refractivity contribution in [3.05, 3.63) is 80.7 Å². The van der Waals surface area contributed by atoms with Crippen molar-refractivity contribution in [2.75, 3.05) is 0 Å². The van der Waals surface area contributed by atoms with E-state index in [1.54, 1.807) is 0 Å². The van der Waals surface area contributed by atoms with Gasteiger partial charge in [0.2, 0.25) is 5.82 Å². The molecule has 0 fully saturated rings. The van der Waals surface area contributed by atoms with E-state index in [0.29, 0.717) is 27.3 Å². The van der Waals surface area contributed by atoms with E-state index in [2.05, 4.69) is 15.2 Å². The zero-order valence-electron chi connectivity index (χ0n) is 20.3. The molecule has 3 N–H and O–H groups in total. The zero-order valence-corrected chi connectivity index (χ0v) is 21.0. The summed E-state index contributed by atoms with van der Waals surface area (Å²) in [6.45, 7) is 2.30. The molecule has 1 amide bonds. The van der Waals surface area contributed by atoms with Crippen molar-refractivity contribution in [2.24, 2.45) is 5.73 Å². The smallest absolute Gasteiger partial charge is 0.382 e. The Bertz CT molecular complexity index is 1540. The van der Waals surface area contributed by atoms with Gasteiger partial charge < -0.3 is 10.8 Å². The maximum atomic E-state index is 13.2. The van der Waals surface area contributed by atoms with Gasteiger partial charge in [-0.15, -0.1) is 10.2 Å². The molecule has 200 valence electrons. The predicted molar refractivity (Wildman–Crippen MR) is 132 cm³/mol. The van der Waals surface area contributed by atoms with Crippen molar-refractivity contribution >= 4 is 17.5 Å². The molecule has 4 aromatic rings. The summed E-state index contributed by atoms with van der Waals surface area (Å²) in [4.78, 5) is 29.5. The highest BCUT2D eigenvalue weighted by Crippen LogP contribution is 2.25. The fourth-order valence-corrected chi connectivity index (χ4v) is 4.10. The van der Waals surface area contributed by atoms with Gasteiger partial charge in [-0.1, -0.05) is 36.7 Å². The van der Waals surface area contributed by atoms with Crippen molar-refractivity contribution in [2.45, 2.75) is 45.6 Å². The second kappa shape index (κ2) is 10.4. The Balaban J connectivity index is 1.81. The molecule has 2 heterocycles. The summed E-state index contributed by atoms with van der Waals surface area (Å²) >= 11 is 5.91. The van der Waals surface area contributed by atoms with Crippen LogP contribution in [-0.4, -0.2) is 52.4 Å². The molecule has 0 saturated carbocycles. The Kier molecular flexibility index (Phi) is 7.42. The van der Waals surface area contributed by atoms with Crippen LogP contribution in [0.3, 0.4) is 0 Å². The van der Waals surface area contributed by atoms with Gasteiger partial charge in [0.25, 0.3) is 5.91 Å². The minimum absolute atomic E-state index is 0.0186. The van der Waals surface area contributed by atoms with Crippen LogP contribution in [-0.2, 0) is 19.5 Å². The number of aliphatic hydroxyl groups excluding tert-OH is 1. The van der Waals surface area contributed by atoms with Crippen LogP contribution in [0.25, 0.3) is 17.1 Å². The Hall–Kier alpha value is -3.97. The number of hydrogen-bond donors (Lipinski definition) is 2. The number of aryl methyl sites for hydroxylation is 2. The van der Waals surface area contributed by atoms with Gasteiger partial charge in [-0.25, -0.2) is 19.1 Å². The predicted octanol–water partition coefficient (Wildman–Crippen LogP) is 2.89. The number of carbonyl (C=O) groups is 1. The number of nitrogens with two attached hydrogens (primary N) is 1. The van der Waals surface area contributed by atoms with Crippen molar-refractivity contribution < 1.29 is 23.1 Å². The summed E-state index contributed by atoms with van der Waals surface area (Å²) < 4.78 is 42.2. The van der Waals surface area contributed by atoms with Crippen LogP contribution < -0.4 is 11.4 Å². The van der Waals surface area contributed by atoms with Crippen molar-refractivity contribution in [3.8, 4) is 17.1 Å². The lowest BCUT2D eigenvalue weighted by molar-refractivity contribution is -0.207. The van der Waals surface area contributed by atoms with Crippen LogP contribution >= 0.6 is 11.6 Å². The number of para-hydroxylation sites is 1. The standard InChI is InChI=1S/C24H23ClF3N7O3/c1-3-14-6-4-5-13(2)19(14)35-22(20(29)37)30-18(31-35)12-34-23(38)33(11-17(36)24(26,27)28)21(32-34)15-7-9-16(25)10-8-15/h4-10,17,36H,3,11-12H2,1-2H3,(H2,29,37). The van der Waals surface area contributed by atoms with Crippen molar-refractivity contribution in [1.29, 1.82) is 0 Å². The number of amides is 1. The van der Waals surface area contributed by atoms with Gasteiger partial charge in [-0.3, -0.25) is 9.36 Å². The van der Waals surface area contributed by atoms with E-state index in [4.69, 9.17) is 17.3 Å². The molecule has 0 radical (unpaired) electrons. The summed E-state index contributed by atoms with van der Waals surface area (Å²) in [6, 6.07) is 11.5. The highest BCUT2D eigenvalue weighted by molar-refractivity contribution is 6.30. The maximum Gasteiger partial charge on any atom is 0.416 e. The Labute approximate surface area is 219 Å². The lowest BCUT2D eigenvalue weighted by atomic mass is 10.1. The van der Waals surface area contributed by atoms with Crippen LogP contribution in [0.4, 0.5) is 13.2 Å². The second-order valence-electron chi connectivity index (χ2n) is 8.50. The normalized spacial score (nSPS) is 12.6. The Morgan fingerprint density at radius 1 is 1.16 bits per heavy atom. The molecule has 4 rings (SSSR count). The third kappa shape index (κ3) is 5.34. The molecule has 14 heteroatoms. The average molecular weight is 550 g/mol. The summed E-state index contributed by atoms with van der Waals surface area (Å²) in [5, 5.41) is 18.6. The molecule has 0 bridgehead atoms. The minimum atomic E-state index is -4.96. The number of rotatable bonds is 8. The monoisotopic (exact) mass is 549 g/mol. The Morgan fingerprint density at radius 2 is 1.84 bits per heavy atom. The molecule has 1 unspecified atom stereocenters. The molecule has 10 nitrogen and oxygen atoms in total. The number of halogens is 4.